The Morgan fingerprint density at radius 2 is 1.89 bits per heavy atom. The average Bonchev–Trinajstić information content (AvgIpc) is 2.86. The number of carbonyl (C=O) groups excluding carboxylic acids is 1. The van der Waals surface area contributed by atoms with Gasteiger partial charge in [-0.2, -0.15) is 13.2 Å². The van der Waals surface area contributed by atoms with E-state index in [9.17, 15) is 22.4 Å². The Kier molecular flexibility index (Phi) is 3.80. The number of hydrogen-bond acceptors (Lipinski definition) is 2. The predicted molar refractivity (Wildman–Crippen MR) is 59.9 cm³/mol. The number of rotatable bonds is 3. The zero-order chi connectivity index (χ0) is 14.4. The summed E-state index contributed by atoms with van der Waals surface area (Å²) in [5.41, 5.74) is 0. The number of halogens is 4. The SMILES string of the molecule is CC1C2CC(C(=O)OC(CF)C(F)(F)F)C(C2)C1C. The summed E-state index contributed by atoms with van der Waals surface area (Å²) in [6, 6.07) is 0. The molecule has 19 heavy (non-hydrogen) atoms. The van der Waals surface area contributed by atoms with E-state index in [1.807, 2.05) is 6.92 Å². The van der Waals surface area contributed by atoms with Gasteiger partial charge in [-0.15, -0.1) is 0 Å². The summed E-state index contributed by atoms with van der Waals surface area (Å²) in [5.74, 6) is -0.105. The Labute approximate surface area is 109 Å². The maximum atomic E-state index is 12.4. The summed E-state index contributed by atoms with van der Waals surface area (Å²) in [5, 5.41) is 0. The molecule has 2 rings (SSSR count). The van der Waals surface area contributed by atoms with Crippen LogP contribution in [0, 0.1) is 29.6 Å². The minimum atomic E-state index is -4.83. The predicted octanol–water partition coefficient (Wildman–Crippen LogP) is 3.36. The molecule has 0 amide bonds. The van der Waals surface area contributed by atoms with Crippen LogP contribution in [0.15, 0.2) is 0 Å². The second-order valence-electron chi connectivity index (χ2n) is 5.84. The van der Waals surface area contributed by atoms with Crippen LogP contribution in [0.25, 0.3) is 0 Å². The van der Waals surface area contributed by atoms with Crippen LogP contribution >= 0.6 is 0 Å². The molecule has 0 radical (unpaired) electrons. The van der Waals surface area contributed by atoms with Gasteiger partial charge in [0.1, 0.15) is 6.67 Å². The zero-order valence-electron chi connectivity index (χ0n) is 10.9. The molecule has 0 aliphatic heterocycles. The highest BCUT2D eigenvalue weighted by molar-refractivity contribution is 5.73. The standard InChI is InChI=1S/C13H18F4O2/c1-6-7(2)9-3-8(6)4-10(9)12(18)19-11(5-14)13(15,16)17/h6-11H,3-5H2,1-2H3. The molecule has 0 aromatic carbocycles. The molecule has 2 aliphatic carbocycles. The van der Waals surface area contributed by atoms with Crippen LogP contribution in [-0.4, -0.2) is 24.9 Å². The highest BCUT2D eigenvalue weighted by Gasteiger charge is 2.53. The lowest BCUT2D eigenvalue weighted by atomic mass is 9.76. The molecule has 2 fully saturated rings. The first-order valence-corrected chi connectivity index (χ1v) is 6.58. The van der Waals surface area contributed by atoms with Gasteiger partial charge in [0, 0.05) is 0 Å². The molecule has 0 spiro atoms. The Bertz CT molecular complexity index is 353. The molecule has 0 aromatic rings. The first kappa shape index (κ1) is 14.6. The molecule has 2 saturated carbocycles. The molecule has 2 nitrogen and oxygen atoms in total. The third kappa shape index (κ3) is 2.58. The van der Waals surface area contributed by atoms with E-state index < -0.39 is 30.8 Å². The summed E-state index contributed by atoms with van der Waals surface area (Å²) in [4.78, 5) is 11.8. The van der Waals surface area contributed by atoms with Crippen molar-refractivity contribution in [3.05, 3.63) is 0 Å². The van der Waals surface area contributed by atoms with Gasteiger partial charge in [0.05, 0.1) is 5.92 Å². The van der Waals surface area contributed by atoms with Crippen LogP contribution < -0.4 is 0 Å². The fourth-order valence-electron chi connectivity index (χ4n) is 3.63. The number of carbonyl (C=O) groups is 1. The summed E-state index contributed by atoms with van der Waals surface area (Å²) in [6.07, 6.45) is -6.01. The van der Waals surface area contributed by atoms with Crippen molar-refractivity contribution in [2.75, 3.05) is 6.67 Å². The van der Waals surface area contributed by atoms with Gasteiger partial charge in [0.15, 0.2) is 0 Å². The lowest BCUT2D eigenvalue weighted by Crippen LogP contribution is -2.39. The number of hydrogen-bond donors (Lipinski definition) is 0. The van der Waals surface area contributed by atoms with E-state index in [0.29, 0.717) is 24.2 Å². The molecule has 0 N–H and O–H groups in total. The van der Waals surface area contributed by atoms with E-state index in [1.165, 1.54) is 0 Å². The van der Waals surface area contributed by atoms with Crippen LogP contribution in [-0.2, 0) is 9.53 Å². The largest absolute Gasteiger partial charge is 0.450 e. The van der Waals surface area contributed by atoms with Crippen molar-refractivity contribution >= 4 is 5.97 Å². The monoisotopic (exact) mass is 282 g/mol. The van der Waals surface area contributed by atoms with Crippen LogP contribution in [0.1, 0.15) is 26.7 Å². The van der Waals surface area contributed by atoms with E-state index in [1.54, 1.807) is 0 Å². The van der Waals surface area contributed by atoms with Crippen molar-refractivity contribution in [3.8, 4) is 0 Å². The molecule has 110 valence electrons. The molecule has 6 atom stereocenters. The minimum absolute atomic E-state index is 0.0843. The fourth-order valence-corrected chi connectivity index (χ4v) is 3.63. The lowest BCUT2D eigenvalue weighted by molar-refractivity contribution is -0.227. The molecule has 0 heterocycles. The summed E-state index contributed by atoms with van der Waals surface area (Å²) in [7, 11) is 0. The Morgan fingerprint density at radius 3 is 2.32 bits per heavy atom. The van der Waals surface area contributed by atoms with Crippen molar-refractivity contribution < 1.29 is 27.1 Å². The fraction of sp³-hybridized carbons (Fsp3) is 0.923. The molecule has 2 aliphatic rings. The van der Waals surface area contributed by atoms with E-state index in [2.05, 4.69) is 11.7 Å². The number of esters is 1. The number of fused-ring (bicyclic) bond motifs is 2. The second kappa shape index (κ2) is 4.94. The summed E-state index contributed by atoms with van der Waals surface area (Å²) in [6.45, 7) is 2.41. The van der Waals surface area contributed by atoms with Gasteiger partial charge in [-0.05, 0) is 36.5 Å². The quantitative estimate of drug-likeness (QED) is 0.586. The van der Waals surface area contributed by atoms with E-state index in [0.717, 1.165) is 6.42 Å². The molecular formula is C13H18F4O2. The molecule has 0 aromatic heterocycles. The van der Waals surface area contributed by atoms with Gasteiger partial charge in [-0.25, -0.2) is 4.39 Å². The maximum Gasteiger partial charge on any atom is 0.428 e. The third-order valence-corrected chi connectivity index (χ3v) is 4.96. The van der Waals surface area contributed by atoms with Gasteiger partial charge < -0.3 is 4.74 Å². The van der Waals surface area contributed by atoms with Crippen LogP contribution in [0.5, 0.6) is 0 Å². The van der Waals surface area contributed by atoms with Crippen LogP contribution in [0.3, 0.4) is 0 Å². The van der Waals surface area contributed by atoms with E-state index in [-0.39, 0.29) is 5.92 Å². The lowest BCUT2D eigenvalue weighted by Gasteiger charge is -2.31. The molecule has 2 bridgehead atoms. The highest BCUT2D eigenvalue weighted by Crippen LogP contribution is 2.55. The van der Waals surface area contributed by atoms with Gasteiger partial charge in [0.2, 0.25) is 6.10 Å². The van der Waals surface area contributed by atoms with Crippen molar-refractivity contribution in [2.45, 2.75) is 39.0 Å². The maximum absolute atomic E-state index is 12.4. The van der Waals surface area contributed by atoms with Gasteiger partial charge in [-0.3, -0.25) is 4.79 Å². The first-order chi connectivity index (χ1) is 8.75. The van der Waals surface area contributed by atoms with Gasteiger partial charge >= 0.3 is 12.1 Å². The van der Waals surface area contributed by atoms with Crippen LogP contribution in [0.4, 0.5) is 17.6 Å². The summed E-state index contributed by atoms with van der Waals surface area (Å²) >= 11 is 0. The van der Waals surface area contributed by atoms with Crippen molar-refractivity contribution in [1.29, 1.82) is 0 Å². The smallest absolute Gasteiger partial charge is 0.428 e. The molecule has 0 saturated heterocycles. The Morgan fingerprint density at radius 1 is 1.26 bits per heavy atom. The van der Waals surface area contributed by atoms with E-state index in [4.69, 9.17) is 0 Å². The normalized spacial score (nSPS) is 39.4. The van der Waals surface area contributed by atoms with Gasteiger partial charge in [-0.1, -0.05) is 13.8 Å². The van der Waals surface area contributed by atoms with Crippen molar-refractivity contribution in [1.82, 2.24) is 0 Å². The first-order valence-electron chi connectivity index (χ1n) is 6.58. The number of alkyl halides is 4. The highest BCUT2D eigenvalue weighted by atomic mass is 19.4. The zero-order valence-corrected chi connectivity index (χ0v) is 10.9. The second-order valence-corrected chi connectivity index (χ2v) is 5.84. The molecule has 6 unspecified atom stereocenters. The topological polar surface area (TPSA) is 26.3 Å². The Hall–Kier alpha value is -0.810. The minimum Gasteiger partial charge on any atom is -0.450 e. The van der Waals surface area contributed by atoms with Gasteiger partial charge in [0.25, 0.3) is 0 Å². The van der Waals surface area contributed by atoms with Crippen molar-refractivity contribution in [2.24, 2.45) is 29.6 Å². The van der Waals surface area contributed by atoms with Crippen molar-refractivity contribution in [3.63, 3.8) is 0 Å². The average molecular weight is 282 g/mol. The third-order valence-electron chi connectivity index (χ3n) is 4.96. The molecule has 6 heteroatoms. The summed E-state index contributed by atoms with van der Waals surface area (Å²) < 4.78 is 53.8. The van der Waals surface area contributed by atoms with E-state index >= 15 is 0 Å². The number of ether oxygens (including phenoxy) is 1. The van der Waals surface area contributed by atoms with Crippen LogP contribution in [0.2, 0.25) is 0 Å². The molecular weight excluding hydrogens is 264 g/mol. The Balaban J connectivity index is 1.99.